The van der Waals surface area contributed by atoms with Crippen LogP contribution in [0.25, 0.3) is 5.65 Å². The highest BCUT2D eigenvalue weighted by Gasteiger charge is 2.40. The zero-order chi connectivity index (χ0) is 21.8. The summed E-state index contributed by atoms with van der Waals surface area (Å²) in [5, 5.41) is 3.95. The average Bonchev–Trinajstić information content (AvgIpc) is 3.09. The Morgan fingerprint density at radius 2 is 1.81 bits per heavy atom. The molecule has 0 bridgehead atoms. The summed E-state index contributed by atoms with van der Waals surface area (Å²) in [6, 6.07) is 12.7. The number of anilines is 1. The molecule has 6 nitrogen and oxygen atoms in total. The van der Waals surface area contributed by atoms with E-state index in [1.54, 1.807) is 14.2 Å². The van der Waals surface area contributed by atoms with Gasteiger partial charge in [0.2, 0.25) is 0 Å². The molecule has 0 spiro atoms. The third kappa shape index (κ3) is 4.46. The fourth-order valence-corrected chi connectivity index (χ4v) is 5.47. The van der Waals surface area contributed by atoms with E-state index in [9.17, 15) is 0 Å². The van der Waals surface area contributed by atoms with Gasteiger partial charge in [0.05, 0.1) is 48.6 Å². The van der Waals surface area contributed by atoms with E-state index in [1.165, 1.54) is 11.1 Å². The van der Waals surface area contributed by atoms with Crippen LogP contribution in [0.4, 0.5) is 5.69 Å². The lowest BCUT2D eigenvalue weighted by molar-refractivity contribution is 0.00454. The number of methoxy groups -OCH3 is 2. The fraction of sp³-hybridized carbons (Fsp3) is 0.458. The first-order chi connectivity index (χ1) is 15.2. The van der Waals surface area contributed by atoms with Gasteiger partial charge in [-0.25, -0.2) is 4.98 Å². The van der Waals surface area contributed by atoms with E-state index in [2.05, 4.69) is 60.1 Å². The monoisotopic (exact) mass is 441 g/mol. The third-order valence-electron chi connectivity index (χ3n) is 5.88. The van der Waals surface area contributed by atoms with Crippen LogP contribution < -0.4 is 5.32 Å². The van der Waals surface area contributed by atoms with Crippen molar-refractivity contribution in [3.05, 3.63) is 65.1 Å². The number of rotatable bonds is 9. The molecule has 1 aliphatic heterocycles. The Bertz CT molecular complexity index is 1010. The molecule has 3 unspecified atom stereocenters. The molecule has 4 rings (SSSR count). The molecule has 0 saturated heterocycles. The number of fused-ring (bicyclic) bond motifs is 3. The zero-order valence-corrected chi connectivity index (χ0v) is 19.4. The summed E-state index contributed by atoms with van der Waals surface area (Å²) < 4.78 is 19.2. The van der Waals surface area contributed by atoms with Crippen molar-refractivity contribution in [3.63, 3.8) is 0 Å². The van der Waals surface area contributed by atoms with E-state index in [1.807, 2.05) is 17.8 Å². The summed E-state index contributed by atoms with van der Waals surface area (Å²) in [7, 11) is 3.45. The molecular formula is C24H31N3O3S. The van der Waals surface area contributed by atoms with E-state index < -0.39 is 0 Å². The van der Waals surface area contributed by atoms with E-state index in [-0.39, 0.29) is 17.4 Å². The number of ether oxygens (including phenoxy) is 3. The van der Waals surface area contributed by atoms with Gasteiger partial charge >= 0.3 is 0 Å². The van der Waals surface area contributed by atoms with Gasteiger partial charge in [0, 0.05) is 31.9 Å². The second-order valence-electron chi connectivity index (χ2n) is 7.77. The highest BCUT2D eigenvalue weighted by atomic mass is 32.2. The summed E-state index contributed by atoms with van der Waals surface area (Å²) in [5.74, 6) is 0.893. The molecule has 0 saturated carbocycles. The van der Waals surface area contributed by atoms with Gasteiger partial charge in [-0.3, -0.25) is 0 Å². The third-order valence-corrected chi connectivity index (χ3v) is 7.16. The highest BCUT2D eigenvalue weighted by molar-refractivity contribution is 7.99. The van der Waals surface area contributed by atoms with Crippen molar-refractivity contribution in [2.24, 2.45) is 0 Å². The van der Waals surface area contributed by atoms with Crippen LogP contribution in [0.3, 0.4) is 0 Å². The standard InChI is InChI=1S/C24H31N3O3S/c1-16-17(2)27-11-10-19-21(24(27)25-16)26-20(18-8-6-5-7-9-18)22(30-13-12-28-3)23(19)31-15-14-29-4/h5-11,20,22-23,26H,12-15H2,1-4H3. The van der Waals surface area contributed by atoms with Crippen molar-refractivity contribution in [1.29, 1.82) is 0 Å². The Morgan fingerprint density at radius 3 is 2.55 bits per heavy atom. The molecule has 166 valence electrons. The second-order valence-corrected chi connectivity index (χ2v) is 9.02. The maximum Gasteiger partial charge on any atom is 0.161 e. The van der Waals surface area contributed by atoms with Crippen LogP contribution in [-0.4, -0.2) is 55.3 Å². The van der Waals surface area contributed by atoms with Crippen LogP contribution in [0.15, 0.2) is 42.6 Å². The van der Waals surface area contributed by atoms with Gasteiger partial charge in [-0.2, -0.15) is 0 Å². The van der Waals surface area contributed by atoms with Crippen molar-refractivity contribution < 1.29 is 14.2 Å². The normalized spacial score (nSPS) is 20.6. The Hall–Kier alpha value is -2.06. The minimum atomic E-state index is -0.0495. The van der Waals surface area contributed by atoms with E-state index in [0.29, 0.717) is 19.8 Å². The lowest BCUT2D eigenvalue weighted by Gasteiger charge is -2.40. The quantitative estimate of drug-likeness (QED) is 0.491. The van der Waals surface area contributed by atoms with Crippen molar-refractivity contribution in [2.75, 3.05) is 45.1 Å². The van der Waals surface area contributed by atoms with Gasteiger partial charge in [0.25, 0.3) is 0 Å². The molecule has 0 fully saturated rings. The number of nitrogens with one attached hydrogen (secondary N) is 1. The molecule has 3 heterocycles. The molecule has 1 aliphatic rings. The molecule has 0 amide bonds. The first kappa shape index (κ1) is 22.1. The summed E-state index contributed by atoms with van der Waals surface area (Å²) in [5.41, 5.74) is 6.71. The first-order valence-electron chi connectivity index (χ1n) is 10.7. The Morgan fingerprint density at radius 1 is 1.03 bits per heavy atom. The van der Waals surface area contributed by atoms with Crippen molar-refractivity contribution in [1.82, 2.24) is 9.38 Å². The van der Waals surface area contributed by atoms with E-state index in [4.69, 9.17) is 19.2 Å². The van der Waals surface area contributed by atoms with Gasteiger partial charge in [0.15, 0.2) is 5.65 Å². The maximum absolute atomic E-state index is 6.46. The number of imidazole rings is 1. The highest BCUT2D eigenvalue weighted by Crippen LogP contribution is 2.48. The topological polar surface area (TPSA) is 57.0 Å². The number of pyridine rings is 1. The smallest absolute Gasteiger partial charge is 0.161 e. The van der Waals surface area contributed by atoms with Gasteiger partial charge in [-0.1, -0.05) is 30.3 Å². The molecule has 3 atom stereocenters. The molecule has 0 radical (unpaired) electrons. The predicted octanol–water partition coefficient (Wildman–Crippen LogP) is 4.57. The van der Waals surface area contributed by atoms with Gasteiger partial charge in [-0.05, 0) is 31.0 Å². The van der Waals surface area contributed by atoms with E-state index >= 15 is 0 Å². The largest absolute Gasteiger partial charge is 0.384 e. The van der Waals surface area contributed by atoms with Crippen LogP contribution in [0, 0.1) is 13.8 Å². The fourth-order valence-electron chi connectivity index (χ4n) is 4.15. The average molecular weight is 442 g/mol. The molecule has 0 aliphatic carbocycles. The molecule has 7 heteroatoms. The molecule has 1 N–H and O–H groups in total. The van der Waals surface area contributed by atoms with Crippen molar-refractivity contribution in [3.8, 4) is 0 Å². The molecule has 3 aromatic rings. The van der Waals surface area contributed by atoms with Gasteiger partial charge < -0.3 is 23.9 Å². The van der Waals surface area contributed by atoms with Crippen molar-refractivity contribution in [2.45, 2.75) is 31.2 Å². The van der Waals surface area contributed by atoms with Crippen molar-refractivity contribution >= 4 is 23.1 Å². The molecular weight excluding hydrogens is 410 g/mol. The maximum atomic E-state index is 6.46. The zero-order valence-electron chi connectivity index (χ0n) is 18.6. The van der Waals surface area contributed by atoms with Gasteiger partial charge in [-0.15, -0.1) is 11.8 Å². The molecule has 2 aromatic heterocycles. The van der Waals surface area contributed by atoms with Gasteiger partial charge in [0.1, 0.15) is 0 Å². The summed E-state index contributed by atoms with van der Waals surface area (Å²) in [6.07, 6.45) is 2.08. The number of hydrogen-bond acceptors (Lipinski definition) is 6. The number of nitrogens with zero attached hydrogens (tertiary/aromatic N) is 2. The lowest BCUT2D eigenvalue weighted by Crippen LogP contribution is -2.38. The minimum absolute atomic E-state index is 0.00844. The SMILES string of the molecule is COCCOC1C(c2ccccc2)Nc2c(ccn3c(C)c(C)nc23)C1SCCOC. The number of benzene rings is 1. The minimum Gasteiger partial charge on any atom is -0.384 e. The lowest BCUT2D eigenvalue weighted by atomic mass is 9.90. The Kier molecular flexibility index (Phi) is 7.17. The van der Waals surface area contributed by atoms with Crippen LogP contribution in [0.5, 0.6) is 0 Å². The summed E-state index contributed by atoms with van der Waals surface area (Å²) >= 11 is 1.88. The Labute approximate surface area is 188 Å². The number of thioether (sulfide) groups is 1. The summed E-state index contributed by atoms with van der Waals surface area (Å²) in [4.78, 5) is 4.89. The predicted molar refractivity (Wildman–Crippen MR) is 126 cm³/mol. The van der Waals surface area contributed by atoms with Crippen LogP contribution in [0.1, 0.15) is 33.8 Å². The number of aromatic nitrogens is 2. The Balaban J connectivity index is 1.81. The first-order valence-corrected chi connectivity index (χ1v) is 11.7. The van der Waals surface area contributed by atoms with Crippen LogP contribution in [0.2, 0.25) is 0 Å². The molecule has 31 heavy (non-hydrogen) atoms. The number of hydrogen-bond donors (Lipinski definition) is 1. The van der Waals surface area contributed by atoms with E-state index in [0.717, 1.165) is 28.5 Å². The summed E-state index contributed by atoms with van der Waals surface area (Å²) in [6.45, 7) is 5.99. The molecule has 1 aromatic carbocycles. The van der Waals surface area contributed by atoms with Crippen LogP contribution >= 0.6 is 11.8 Å². The second kappa shape index (κ2) is 10.0. The number of aryl methyl sites for hydroxylation is 2. The van der Waals surface area contributed by atoms with Crippen LogP contribution in [-0.2, 0) is 14.2 Å².